The lowest BCUT2D eigenvalue weighted by Gasteiger charge is -2.44. The van der Waals surface area contributed by atoms with Gasteiger partial charge in [0, 0.05) is 18.7 Å². The molecule has 3 aromatic carbocycles. The van der Waals surface area contributed by atoms with E-state index in [1.165, 1.54) is 25.6 Å². The second-order valence-electron chi connectivity index (χ2n) is 10.0. The molecule has 0 aliphatic rings. The van der Waals surface area contributed by atoms with E-state index in [1.807, 2.05) is 67.6 Å². The molecular formula is C30H36O5SSi. The highest BCUT2D eigenvalue weighted by molar-refractivity contribution is 7.99. The van der Waals surface area contributed by atoms with E-state index in [-0.39, 0.29) is 11.6 Å². The molecule has 0 heterocycles. The molecule has 37 heavy (non-hydrogen) atoms. The van der Waals surface area contributed by atoms with Crippen LogP contribution in [-0.4, -0.2) is 38.4 Å². The average Bonchev–Trinajstić information content (AvgIpc) is 2.84. The van der Waals surface area contributed by atoms with Crippen molar-refractivity contribution < 1.29 is 23.5 Å². The minimum Gasteiger partial charge on any atom is -0.455 e. The second-order valence-corrected chi connectivity index (χ2v) is 15.5. The van der Waals surface area contributed by atoms with Crippen LogP contribution in [0.5, 0.6) is 0 Å². The molecule has 0 N–H and O–H groups in total. The SMILES string of the molecule is CC(=O)OC(Sc1ccc(C)cc1)[C@@H](CO[Si](c1ccccc1)(c1ccccc1)C(C)(C)C)OC(C)=O. The first kappa shape index (κ1) is 28.7. The Morgan fingerprint density at radius 2 is 1.27 bits per heavy atom. The molecule has 0 aliphatic heterocycles. The van der Waals surface area contributed by atoms with Gasteiger partial charge in [-0.1, -0.05) is 111 Å². The van der Waals surface area contributed by atoms with Gasteiger partial charge in [0.1, 0.15) is 0 Å². The number of thioether (sulfide) groups is 1. The Morgan fingerprint density at radius 1 is 0.784 bits per heavy atom. The van der Waals surface area contributed by atoms with E-state index < -0.39 is 31.8 Å². The zero-order chi connectivity index (χ0) is 27.1. The summed E-state index contributed by atoms with van der Waals surface area (Å²) in [5.41, 5.74) is 0.349. The van der Waals surface area contributed by atoms with Crippen molar-refractivity contribution in [2.24, 2.45) is 0 Å². The van der Waals surface area contributed by atoms with Crippen LogP contribution in [0.15, 0.2) is 89.8 Å². The van der Waals surface area contributed by atoms with Crippen molar-refractivity contribution >= 4 is 42.4 Å². The summed E-state index contributed by atoms with van der Waals surface area (Å²) < 4.78 is 18.4. The van der Waals surface area contributed by atoms with Crippen molar-refractivity contribution in [1.29, 1.82) is 0 Å². The topological polar surface area (TPSA) is 61.8 Å². The van der Waals surface area contributed by atoms with Crippen molar-refractivity contribution in [3.63, 3.8) is 0 Å². The fourth-order valence-corrected chi connectivity index (χ4v) is 10.0. The molecule has 1 unspecified atom stereocenters. The summed E-state index contributed by atoms with van der Waals surface area (Å²) >= 11 is 1.34. The van der Waals surface area contributed by atoms with Crippen molar-refractivity contribution in [2.75, 3.05) is 6.61 Å². The standard InChI is InChI=1S/C30H36O5SSi/c1-22-17-19-25(20-18-22)36-29(35-24(3)32)28(34-23(2)31)21-33-37(30(4,5)6,26-13-9-7-10-14-26)27-15-11-8-12-16-27/h7-20,28-29H,21H2,1-6H3/t28-,29?/m1/s1. The molecule has 196 valence electrons. The number of benzene rings is 3. The molecule has 0 aliphatic carbocycles. The van der Waals surface area contributed by atoms with Crippen molar-refractivity contribution in [3.05, 3.63) is 90.5 Å². The van der Waals surface area contributed by atoms with Gasteiger partial charge >= 0.3 is 11.9 Å². The predicted octanol–water partition coefficient (Wildman–Crippen LogP) is 5.48. The molecule has 7 heteroatoms. The number of ether oxygens (including phenoxy) is 2. The monoisotopic (exact) mass is 536 g/mol. The van der Waals surface area contributed by atoms with E-state index in [2.05, 4.69) is 45.0 Å². The quantitative estimate of drug-likeness (QED) is 0.148. The van der Waals surface area contributed by atoms with Gasteiger partial charge < -0.3 is 13.9 Å². The third-order valence-corrected chi connectivity index (χ3v) is 12.2. The molecule has 0 radical (unpaired) electrons. The number of aryl methyl sites for hydroxylation is 1. The lowest BCUT2D eigenvalue weighted by Crippen LogP contribution is -2.67. The van der Waals surface area contributed by atoms with Gasteiger partial charge in [-0.3, -0.25) is 9.59 Å². The van der Waals surface area contributed by atoms with Crippen LogP contribution in [0.2, 0.25) is 5.04 Å². The number of esters is 2. The fourth-order valence-electron chi connectivity index (χ4n) is 4.44. The Morgan fingerprint density at radius 3 is 1.70 bits per heavy atom. The summed E-state index contributed by atoms with van der Waals surface area (Å²) in [6.45, 7) is 11.4. The van der Waals surface area contributed by atoms with E-state index in [1.54, 1.807) is 0 Å². The van der Waals surface area contributed by atoms with Gasteiger partial charge in [0.15, 0.2) is 11.5 Å². The van der Waals surface area contributed by atoms with Crippen LogP contribution in [0.25, 0.3) is 0 Å². The maximum atomic E-state index is 12.2. The van der Waals surface area contributed by atoms with Gasteiger partial charge in [-0.15, -0.1) is 0 Å². The number of hydrogen-bond donors (Lipinski definition) is 0. The van der Waals surface area contributed by atoms with Gasteiger partial charge in [-0.25, -0.2) is 0 Å². The number of hydrogen-bond acceptors (Lipinski definition) is 6. The van der Waals surface area contributed by atoms with Crippen LogP contribution in [-0.2, 0) is 23.5 Å². The van der Waals surface area contributed by atoms with Gasteiger partial charge in [0.05, 0.1) is 6.61 Å². The number of rotatable bonds is 10. The average molecular weight is 537 g/mol. The van der Waals surface area contributed by atoms with E-state index in [0.29, 0.717) is 0 Å². The third kappa shape index (κ3) is 7.34. The van der Waals surface area contributed by atoms with Crippen LogP contribution in [0, 0.1) is 6.92 Å². The largest absolute Gasteiger partial charge is 0.455 e. The molecule has 3 rings (SSSR count). The highest BCUT2D eigenvalue weighted by atomic mass is 32.2. The molecule has 0 spiro atoms. The van der Waals surface area contributed by atoms with Crippen LogP contribution < -0.4 is 10.4 Å². The second kappa shape index (κ2) is 12.6. The van der Waals surface area contributed by atoms with Crippen LogP contribution >= 0.6 is 11.8 Å². The van der Waals surface area contributed by atoms with E-state index in [9.17, 15) is 9.59 Å². The fraction of sp³-hybridized carbons (Fsp3) is 0.333. The van der Waals surface area contributed by atoms with Gasteiger partial charge in [0.2, 0.25) is 0 Å². The van der Waals surface area contributed by atoms with Crippen LogP contribution in [0.4, 0.5) is 0 Å². The van der Waals surface area contributed by atoms with Crippen molar-refractivity contribution in [1.82, 2.24) is 0 Å². The minimum absolute atomic E-state index is 0.0731. The molecule has 5 nitrogen and oxygen atoms in total. The summed E-state index contributed by atoms with van der Waals surface area (Å²) in [6, 6.07) is 28.4. The smallest absolute Gasteiger partial charge is 0.303 e. The first-order chi connectivity index (χ1) is 17.5. The summed E-state index contributed by atoms with van der Waals surface area (Å²) in [5.74, 6) is -0.912. The molecule has 0 fully saturated rings. The summed E-state index contributed by atoms with van der Waals surface area (Å²) in [7, 11) is -2.89. The highest BCUT2D eigenvalue weighted by Crippen LogP contribution is 2.37. The van der Waals surface area contributed by atoms with E-state index >= 15 is 0 Å². The number of carbonyl (C=O) groups excluding carboxylic acids is 2. The lowest BCUT2D eigenvalue weighted by atomic mass is 10.2. The summed E-state index contributed by atoms with van der Waals surface area (Å²) in [4.78, 5) is 25.2. The molecule has 0 saturated carbocycles. The van der Waals surface area contributed by atoms with E-state index in [4.69, 9.17) is 13.9 Å². The Balaban J connectivity index is 2.04. The predicted molar refractivity (Wildman–Crippen MR) is 152 cm³/mol. The van der Waals surface area contributed by atoms with Crippen LogP contribution in [0.3, 0.4) is 0 Å². The molecule has 0 saturated heterocycles. The molecule has 0 aromatic heterocycles. The summed E-state index contributed by atoms with van der Waals surface area (Å²) in [5, 5.41) is 1.98. The van der Waals surface area contributed by atoms with Crippen LogP contribution in [0.1, 0.15) is 40.2 Å². The Hall–Kier alpha value is -2.87. The Kier molecular flexibility index (Phi) is 9.76. The molecule has 2 atom stereocenters. The molecule has 0 amide bonds. The zero-order valence-electron chi connectivity index (χ0n) is 22.4. The summed E-state index contributed by atoms with van der Waals surface area (Å²) in [6.07, 6.45) is -0.811. The molecule has 3 aromatic rings. The van der Waals surface area contributed by atoms with Crippen molar-refractivity contribution in [2.45, 2.75) is 63.0 Å². The Labute approximate surface area is 225 Å². The highest BCUT2D eigenvalue weighted by Gasteiger charge is 2.51. The Bertz CT molecular complexity index is 1120. The zero-order valence-corrected chi connectivity index (χ0v) is 24.2. The van der Waals surface area contributed by atoms with E-state index in [0.717, 1.165) is 20.8 Å². The normalized spacial score (nSPS) is 13.5. The maximum Gasteiger partial charge on any atom is 0.303 e. The molecular weight excluding hydrogens is 500 g/mol. The van der Waals surface area contributed by atoms with Gasteiger partial charge in [-0.05, 0) is 34.5 Å². The van der Waals surface area contributed by atoms with Gasteiger partial charge in [-0.2, -0.15) is 0 Å². The third-order valence-electron chi connectivity index (χ3n) is 6.06. The first-order valence-electron chi connectivity index (χ1n) is 12.4. The molecule has 0 bridgehead atoms. The lowest BCUT2D eigenvalue weighted by molar-refractivity contribution is -0.160. The maximum absolute atomic E-state index is 12.2. The number of carbonyl (C=O) groups is 2. The minimum atomic E-state index is -2.89. The van der Waals surface area contributed by atoms with Crippen molar-refractivity contribution in [3.8, 4) is 0 Å². The van der Waals surface area contributed by atoms with Gasteiger partial charge in [0.25, 0.3) is 8.32 Å². The first-order valence-corrected chi connectivity index (χ1v) is 15.1.